The number of rotatable bonds is 8. The van der Waals surface area contributed by atoms with E-state index in [0.29, 0.717) is 49.3 Å². The molecule has 10 heteroatoms. The van der Waals surface area contributed by atoms with Crippen LogP contribution in [0.5, 0.6) is 11.5 Å². The van der Waals surface area contributed by atoms with E-state index in [9.17, 15) is 9.59 Å². The number of halogens is 1. The minimum atomic E-state index is -0.625. The molecule has 2 aromatic heterocycles. The van der Waals surface area contributed by atoms with Crippen LogP contribution in [0.1, 0.15) is 35.9 Å². The Bertz CT molecular complexity index is 2060. The molecule has 0 amide bonds. The standard InChI is InChI=1S/C33H27ClN2O5S2/c1-4-40-32(38)28-19(2)35-33-36(29(28)26-13-8-14-42-26)31(37)27(43-33)17-20-15-24(34)30(25(16-20)39-3)41-18-22-11-7-10-21-9-5-6-12-23(21)22/h5-17,29H,4,18H2,1-3H3/b27-17-/t29-/m1/s1. The van der Waals surface area contributed by atoms with Crippen LogP contribution < -0.4 is 24.4 Å². The van der Waals surface area contributed by atoms with Gasteiger partial charge in [0, 0.05) is 4.88 Å². The third-order valence-corrected chi connectivity index (χ3v) is 9.32. The van der Waals surface area contributed by atoms with Gasteiger partial charge in [-0.15, -0.1) is 11.3 Å². The van der Waals surface area contributed by atoms with Crippen LogP contribution in [0.3, 0.4) is 0 Å². The second kappa shape index (κ2) is 12.2. The SMILES string of the molecule is CCOC(=O)C1=C(C)N=c2s/c(=C\c3cc(Cl)c(OCc4cccc5ccccc45)c(OC)c3)c(=O)n2[C@@H]1c1cccs1. The lowest BCUT2D eigenvalue weighted by Crippen LogP contribution is -2.39. The first kappa shape index (κ1) is 28.9. The molecular weight excluding hydrogens is 604 g/mol. The molecule has 0 saturated heterocycles. The number of thiazole rings is 1. The van der Waals surface area contributed by atoms with Crippen molar-refractivity contribution >= 4 is 57.1 Å². The molecule has 0 bridgehead atoms. The van der Waals surface area contributed by atoms with Gasteiger partial charge in [0.15, 0.2) is 16.3 Å². The Morgan fingerprint density at radius 1 is 1.12 bits per heavy atom. The van der Waals surface area contributed by atoms with E-state index in [1.54, 1.807) is 43.7 Å². The predicted octanol–water partition coefficient (Wildman–Crippen LogP) is 6.25. The number of thiophene rings is 1. The predicted molar refractivity (Wildman–Crippen MR) is 171 cm³/mol. The zero-order valence-corrected chi connectivity index (χ0v) is 26.0. The molecule has 7 nitrogen and oxygen atoms in total. The van der Waals surface area contributed by atoms with E-state index in [-0.39, 0.29) is 12.2 Å². The van der Waals surface area contributed by atoms with Gasteiger partial charge in [0.25, 0.3) is 5.56 Å². The van der Waals surface area contributed by atoms with Crippen LogP contribution in [0.2, 0.25) is 5.02 Å². The third-order valence-electron chi connectivity index (χ3n) is 7.13. The van der Waals surface area contributed by atoms with E-state index in [1.165, 1.54) is 22.7 Å². The molecule has 0 spiro atoms. The average molecular weight is 631 g/mol. The molecule has 6 rings (SSSR count). The van der Waals surface area contributed by atoms with Gasteiger partial charge in [-0.2, -0.15) is 0 Å². The van der Waals surface area contributed by atoms with Crippen molar-refractivity contribution in [2.24, 2.45) is 4.99 Å². The Morgan fingerprint density at radius 3 is 2.70 bits per heavy atom. The number of methoxy groups -OCH3 is 1. The van der Waals surface area contributed by atoms with Crippen LogP contribution in [0.15, 0.2) is 93.2 Å². The monoisotopic (exact) mass is 630 g/mol. The summed E-state index contributed by atoms with van der Waals surface area (Å²) in [6.07, 6.45) is 1.75. The topological polar surface area (TPSA) is 79.1 Å². The summed E-state index contributed by atoms with van der Waals surface area (Å²) in [6, 6.07) is 20.9. The summed E-state index contributed by atoms with van der Waals surface area (Å²) in [6.45, 7) is 4.05. The number of benzene rings is 3. The Balaban J connectivity index is 1.38. The van der Waals surface area contributed by atoms with E-state index < -0.39 is 12.0 Å². The fourth-order valence-corrected chi connectivity index (χ4v) is 7.33. The molecule has 0 aliphatic carbocycles. The number of carbonyl (C=O) groups excluding carboxylic acids is 1. The van der Waals surface area contributed by atoms with Crippen molar-refractivity contribution in [3.05, 3.63) is 124 Å². The van der Waals surface area contributed by atoms with Gasteiger partial charge in [-0.25, -0.2) is 9.79 Å². The summed E-state index contributed by atoms with van der Waals surface area (Å²) >= 11 is 9.44. The van der Waals surface area contributed by atoms with Crippen LogP contribution in [-0.2, 0) is 16.1 Å². The van der Waals surface area contributed by atoms with Crippen LogP contribution >= 0.6 is 34.3 Å². The molecule has 5 aromatic rings. The lowest BCUT2D eigenvalue weighted by atomic mass is 10.0. The van der Waals surface area contributed by atoms with Crippen LogP contribution in [-0.4, -0.2) is 24.3 Å². The van der Waals surface area contributed by atoms with E-state index in [1.807, 2.05) is 41.8 Å². The van der Waals surface area contributed by atoms with Crippen LogP contribution in [0.25, 0.3) is 16.8 Å². The average Bonchev–Trinajstić information content (AvgIpc) is 3.64. The van der Waals surface area contributed by atoms with Gasteiger partial charge in [-0.05, 0) is 65.4 Å². The lowest BCUT2D eigenvalue weighted by Gasteiger charge is -2.23. The van der Waals surface area contributed by atoms with Crippen molar-refractivity contribution in [3.63, 3.8) is 0 Å². The smallest absolute Gasteiger partial charge is 0.338 e. The van der Waals surface area contributed by atoms with Crippen molar-refractivity contribution in [1.29, 1.82) is 0 Å². The van der Waals surface area contributed by atoms with Gasteiger partial charge < -0.3 is 14.2 Å². The molecule has 1 aliphatic heterocycles. The molecule has 0 fully saturated rings. The molecular formula is C33H27ClN2O5S2. The largest absolute Gasteiger partial charge is 0.493 e. The third kappa shape index (κ3) is 5.51. The summed E-state index contributed by atoms with van der Waals surface area (Å²) < 4.78 is 19.2. The highest BCUT2D eigenvalue weighted by Crippen LogP contribution is 2.38. The second-order valence-corrected chi connectivity index (χ2v) is 12.2. The number of nitrogens with zero attached hydrogens (tertiary/aromatic N) is 2. The number of aromatic nitrogens is 1. The van der Waals surface area contributed by atoms with E-state index >= 15 is 0 Å². The number of carbonyl (C=O) groups is 1. The zero-order valence-electron chi connectivity index (χ0n) is 23.6. The van der Waals surface area contributed by atoms with Gasteiger partial charge in [0.1, 0.15) is 12.6 Å². The maximum atomic E-state index is 13.9. The molecule has 0 saturated carbocycles. The zero-order chi connectivity index (χ0) is 30.1. The fourth-order valence-electron chi connectivity index (χ4n) is 5.19. The maximum Gasteiger partial charge on any atom is 0.338 e. The molecule has 218 valence electrons. The lowest BCUT2D eigenvalue weighted by molar-refractivity contribution is -0.139. The van der Waals surface area contributed by atoms with E-state index in [0.717, 1.165) is 21.2 Å². The van der Waals surface area contributed by atoms with Gasteiger partial charge in [-0.3, -0.25) is 9.36 Å². The molecule has 3 aromatic carbocycles. The minimum Gasteiger partial charge on any atom is -0.493 e. The van der Waals surface area contributed by atoms with Gasteiger partial charge >= 0.3 is 5.97 Å². The van der Waals surface area contributed by atoms with Crippen LogP contribution in [0.4, 0.5) is 0 Å². The minimum absolute atomic E-state index is 0.224. The Morgan fingerprint density at radius 2 is 1.93 bits per heavy atom. The first-order valence-corrected chi connectivity index (χ1v) is 15.7. The van der Waals surface area contributed by atoms with E-state index in [4.69, 9.17) is 25.8 Å². The number of hydrogen-bond acceptors (Lipinski definition) is 8. The Hall–Kier alpha value is -4.18. The van der Waals surface area contributed by atoms with Gasteiger partial charge in [-0.1, -0.05) is 71.5 Å². The normalized spacial score (nSPS) is 14.9. The highest BCUT2D eigenvalue weighted by atomic mass is 35.5. The number of fused-ring (bicyclic) bond motifs is 2. The fraction of sp³-hybridized carbons (Fsp3) is 0.182. The number of esters is 1. The number of hydrogen-bond donors (Lipinski definition) is 0. The van der Waals surface area contributed by atoms with Gasteiger partial charge in [0.05, 0.1) is 34.5 Å². The number of ether oxygens (including phenoxy) is 3. The molecule has 0 radical (unpaired) electrons. The summed E-state index contributed by atoms with van der Waals surface area (Å²) in [4.78, 5) is 32.8. The van der Waals surface area contributed by atoms with Crippen molar-refractivity contribution < 1.29 is 19.0 Å². The summed E-state index contributed by atoms with van der Waals surface area (Å²) in [5.74, 6) is 0.388. The summed E-state index contributed by atoms with van der Waals surface area (Å²) in [5.41, 5.74) is 2.32. The molecule has 43 heavy (non-hydrogen) atoms. The molecule has 0 N–H and O–H groups in total. The second-order valence-electron chi connectivity index (χ2n) is 9.78. The van der Waals surface area contributed by atoms with E-state index in [2.05, 4.69) is 23.2 Å². The van der Waals surface area contributed by atoms with Crippen molar-refractivity contribution in [2.75, 3.05) is 13.7 Å². The van der Waals surface area contributed by atoms with Gasteiger partial charge in [0.2, 0.25) is 0 Å². The molecule has 3 heterocycles. The molecule has 1 aliphatic rings. The van der Waals surface area contributed by atoms with Crippen molar-refractivity contribution in [1.82, 2.24) is 4.57 Å². The quantitative estimate of drug-likeness (QED) is 0.189. The highest BCUT2D eigenvalue weighted by Gasteiger charge is 2.33. The molecule has 0 unspecified atom stereocenters. The summed E-state index contributed by atoms with van der Waals surface area (Å²) in [7, 11) is 1.55. The van der Waals surface area contributed by atoms with Crippen LogP contribution in [0, 0.1) is 0 Å². The maximum absolute atomic E-state index is 13.9. The van der Waals surface area contributed by atoms with Crippen molar-refractivity contribution in [2.45, 2.75) is 26.5 Å². The first-order valence-electron chi connectivity index (χ1n) is 13.6. The first-order chi connectivity index (χ1) is 20.9. The Labute approximate surface area is 260 Å². The Kier molecular flexibility index (Phi) is 8.21. The van der Waals surface area contributed by atoms with Crippen molar-refractivity contribution in [3.8, 4) is 11.5 Å². The number of allylic oxidation sites excluding steroid dienone is 1. The summed E-state index contributed by atoms with van der Waals surface area (Å²) in [5, 5.41) is 4.51. The molecule has 1 atom stereocenters. The highest BCUT2D eigenvalue weighted by molar-refractivity contribution is 7.10.